The van der Waals surface area contributed by atoms with Gasteiger partial charge in [0.15, 0.2) is 6.29 Å². The fraction of sp³-hybridized carbons (Fsp3) is 0.200. The highest BCUT2D eigenvalue weighted by molar-refractivity contribution is 6.00. The van der Waals surface area contributed by atoms with Gasteiger partial charge < -0.3 is 9.84 Å². The third kappa shape index (κ3) is 2.33. The van der Waals surface area contributed by atoms with Crippen molar-refractivity contribution in [3.63, 3.8) is 0 Å². The van der Waals surface area contributed by atoms with Gasteiger partial charge >= 0.3 is 12.6 Å². The van der Waals surface area contributed by atoms with E-state index < -0.39 is 18.3 Å². The van der Waals surface area contributed by atoms with Crippen LogP contribution in [0.15, 0.2) is 12.1 Å². The highest BCUT2D eigenvalue weighted by atomic mass is 19.3. The molecule has 0 aliphatic carbocycles. The lowest BCUT2D eigenvalue weighted by Gasteiger charge is -2.10. The number of halogens is 2. The summed E-state index contributed by atoms with van der Waals surface area (Å²) >= 11 is 0. The topological polar surface area (TPSA) is 63.6 Å². The predicted molar refractivity (Wildman–Crippen MR) is 50.2 cm³/mol. The molecule has 1 aromatic carbocycles. The van der Waals surface area contributed by atoms with Crippen LogP contribution in [0.2, 0.25) is 0 Å². The number of benzene rings is 1. The van der Waals surface area contributed by atoms with Crippen molar-refractivity contribution >= 4 is 12.3 Å². The number of carboxylic acids is 1. The molecule has 86 valence electrons. The summed E-state index contributed by atoms with van der Waals surface area (Å²) in [4.78, 5) is 21.5. The number of hydrogen-bond donors (Lipinski definition) is 1. The summed E-state index contributed by atoms with van der Waals surface area (Å²) in [5.74, 6) is -1.80. The average Bonchev–Trinajstić information content (AvgIpc) is 2.18. The van der Waals surface area contributed by atoms with Gasteiger partial charge in [-0.25, -0.2) is 4.79 Å². The fourth-order valence-corrected chi connectivity index (χ4v) is 1.31. The molecule has 0 spiro atoms. The van der Waals surface area contributed by atoms with E-state index in [-0.39, 0.29) is 17.4 Å². The second-order valence-electron chi connectivity index (χ2n) is 2.97. The smallest absolute Gasteiger partial charge is 0.387 e. The van der Waals surface area contributed by atoms with Crippen LogP contribution in [-0.2, 0) is 0 Å². The maximum atomic E-state index is 12.0. The minimum Gasteiger partial charge on any atom is -0.478 e. The van der Waals surface area contributed by atoms with Crippen molar-refractivity contribution < 1.29 is 28.2 Å². The van der Waals surface area contributed by atoms with Crippen LogP contribution in [0.1, 0.15) is 26.3 Å². The number of alkyl halides is 2. The van der Waals surface area contributed by atoms with Crippen molar-refractivity contribution in [3.8, 4) is 5.75 Å². The Morgan fingerprint density at radius 2 is 2.12 bits per heavy atom. The number of ether oxygens (including phenoxy) is 1. The SMILES string of the molecule is Cc1ccc(OC(F)F)c(C=O)c1C(=O)O. The van der Waals surface area contributed by atoms with Gasteiger partial charge in [-0.1, -0.05) is 6.07 Å². The number of aromatic carboxylic acids is 1. The first-order valence-electron chi connectivity index (χ1n) is 4.24. The molecule has 1 aromatic rings. The quantitative estimate of drug-likeness (QED) is 0.804. The molecule has 1 rings (SSSR count). The van der Waals surface area contributed by atoms with Crippen molar-refractivity contribution in [1.29, 1.82) is 0 Å². The molecule has 0 fully saturated rings. The van der Waals surface area contributed by atoms with Gasteiger partial charge in [-0.2, -0.15) is 8.78 Å². The molecule has 0 aliphatic heterocycles. The van der Waals surface area contributed by atoms with E-state index in [1.165, 1.54) is 13.0 Å². The maximum Gasteiger partial charge on any atom is 0.387 e. The summed E-state index contributed by atoms with van der Waals surface area (Å²) < 4.78 is 28.0. The van der Waals surface area contributed by atoms with Crippen LogP contribution >= 0.6 is 0 Å². The van der Waals surface area contributed by atoms with Crippen molar-refractivity contribution in [2.24, 2.45) is 0 Å². The van der Waals surface area contributed by atoms with E-state index in [1.54, 1.807) is 0 Å². The number of carboxylic acid groups (broad SMARTS) is 1. The Bertz CT molecular complexity index is 429. The Kier molecular flexibility index (Phi) is 3.55. The number of aryl methyl sites for hydroxylation is 1. The zero-order chi connectivity index (χ0) is 12.3. The number of carbonyl (C=O) groups is 2. The summed E-state index contributed by atoms with van der Waals surface area (Å²) in [6.07, 6.45) is 0.189. The van der Waals surface area contributed by atoms with E-state index in [1.807, 2.05) is 0 Å². The number of rotatable bonds is 4. The summed E-state index contributed by atoms with van der Waals surface area (Å²) in [5, 5.41) is 8.83. The lowest BCUT2D eigenvalue weighted by atomic mass is 10.0. The van der Waals surface area contributed by atoms with Gasteiger partial charge in [0, 0.05) is 0 Å². The number of hydrogen-bond acceptors (Lipinski definition) is 3. The average molecular weight is 230 g/mol. The van der Waals surface area contributed by atoms with E-state index in [4.69, 9.17) is 5.11 Å². The van der Waals surface area contributed by atoms with Crippen LogP contribution in [0.5, 0.6) is 5.75 Å². The van der Waals surface area contributed by atoms with Crippen molar-refractivity contribution in [2.45, 2.75) is 13.5 Å². The van der Waals surface area contributed by atoms with E-state index in [0.29, 0.717) is 5.56 Å². The van der Waals surface area contributed by atoms with Crippen molar-refractivity contribution in [2.75, 3.05) is 0 Å². The minimum absolute atomic E-state index is 0.189. The van der Waals surface area contributed by atoms with E-state index in [9.17, 15) is 18.4 Å². The van der Waals surface area contributed by atoms with E-state index in [0.717, 1.165) is 6.07 Å². The summed E-state index contributed by atoms with van der Waals surface area (Å²) in [7, 11) is 0. The maximum absolute atomic E-state index is 12.0. The molecule has 0 aliphatic rings. The Labute approximate surface area is 89.5 Å². The van der Waals surface area contributed by atoms with Crippen LogP contribution in [0.25, 0.3) is 0 Å². The summed E-state index contributed by atoms with van der Waals surface area (Å²) in [6.45, 7) is -1.65. The minimum atomic E-state index is -3.11. The molecule has 0 saturated heterocycles. The van der Waals surface area contributed by atoms with Gasteiger partial charge in [-0.3, -0.25) is 4.79 Å². The number of aldehydes is 1. The molecule has 4 nitrogen and oxygen atoms in total. The first-order chi connectivity index (χ1) is 7.47. The molecule has 0 unspecified atom stereocenters. The van der Waals surface area contributed by atoms with Gasteiger partial charge in [0.2, 0.25) is 0 Å². The molecule has 0 bridgehead atoms. The van der Waals surface area contributed by atoms with Gasteiger partial charge in [0.05, 0.1) is 11.1 Å². The van der Waals surface area contributed by atoms with E-state index in [2.05, 4.69) is 4.74 Å². The van der Waals surface area contributed by atoms with Crippen LogP contribution in [0.3, 0.4) is 0 Å². The Morgan fingerprint density at radius 3 is 2.56 bits per heavy atom. The highest BCUT2D eigenvalue weighted by Gasteiger charge is 2.19. The third-order valence-corrected chi connectivity index (χ3v) is 1.96. The molecule has 1 N–H and O–H groups in total. The Balaban J connectivity index is 3.36. The van der Waals surface area contributed by atoms with Crippen LogP contribution < -0.4 is 4.74 Å². The zero-order valence-corrected chi connectivity index (χ0v) is 8.24. The molecule has 16 heavy (non-hydrogen) atoms. The standard InChI is InChI=1S/C10H8F2O4/c1-5-2-3-7(16-10(11)12)6(4-13)8(5)9(14)15/h2-4,10H,1H3,(H,14,15). The molecule has 0 atom stereocenters. The first-order valence-corrected chi connectivity index (χ1v) is 4.24. The largest absolute Gasteiger partial charge is 0.478 e. The predicted octanol–water partition coefficient (Wildman–Crippen LogP) is 2.11. The molecule has 0 radical (unpaired) electrons. The molecule has 0 saturated carbocycles. The monoisotopic (exact) mass is 230 g/mol. The van der Waals surface area contributed by atoms with Gasteiger partial charge in [0.25, 0.3) is 0 Å². The van der Waals surface area contributed by atoms with Gasteiger partial charge in [-0.05, 0) is 18.6 Å². The normalized spacial score (nSPS) is 10.2. The summed E-state index contributed by atoms with van der Waals surface area (Å²) in [5.41, 5.74) is -0.405. The van der Waals surface area contributed by atoms with Gasteiger partial charge in [0.1, 0.15) is 5.75 Å². The molecule has 0 heterocycles. The van der Waals surface area contributed by atoms with Crippen LogP contribution in [0, 0.1) is 6.92 Å². The molecular formula is C10H8F2O4. The van der Waals surface area contributed by atoms with E-state index >= 15 is 0 Å². The first kappa shape index (κ1) is 12.1. The second-order valence-corrected chi connectivity index (χ2v) is 2.97. The third-order valence-electron chi connectivity index (χ3n) is 1.96. The molecule has 0 amide bonds. The molecule has 6 heteroatoms. The lowest BCUT2D eigenvalue weighted by molar-refractivity contribution is -0.0501. The summed E-state index contributed by atoms with van der Waals surface area (Å²) in [6, 6.07) is 2.44. The van der Waals surface area contributed by atoms with Gasteiger partial charge in [-0.15, -0.1) is 0 Å². The highest BCUT2D eigenvalue weighted by Crippen LogP contribution is 2.25. The van der Waals surface area contributed by atoms with Crippen molar-refractivity contribution in [3.05, 3.63) is 28.8 Å². The fourth-order valence-electron chi connectivity index (χ4n) is 1.31. The lowest BCUT2D eigenvalue weighted by Crippen LogP contribution is -2.10. The Hall–Kier alpha value is -1.98. The van der Waals surface area contributed by atoms with Crippen molar-refractivity contribution in [1.82, 2.24) is 0 Å². The van der Waals surface area contributed by atoms with Crippen LogP contribution in [0.4, 0.5) is 8.78 Å². The van der Waals surface area contributed by atoms with Crippen LogP contribution in [-0.4, -0.2) is 24.0 Å². The second kappa shape index (κ2) is 4.69. The molecular weight excluding hydrogens is 222 g/mol. The zero-order valence-electron chi connectivity index (χ0n) is 8.24. The number of carbonyl (C=O) groups excluding carboxylic acids is 1. The molecule has 0 aromatic heterocycles. The Morgan fingerprint density at radius 1 is 1.50 bits per heavy atom.